The molecule has 0 saturated carbocycles. The van der Waals surface area contributed by atoms with Crippen LogP contribution in [-0.2, 0) is 0 Å². The van der Waals surface area contributed by atoms with Gasteiger partial charge in [0, 0.05) is 0 Å². The van der Waals surface area contributed by atoms with Gasteiger partial charge in [0.25, 0.3) is 0 Å². The van der Waals surface area contributed by atoms with E-state index in [1.165, 1.54) is 22.3 Å². The van der Waals surface area contributed by atoms with E-state index in [1.54, 1.807) is 0 Å². The standard InChI is InChI=1S/C11H8/c1-2-9-6-8-4-5-10(7-8)11(9)3-1/h1-5,7H,6H2. The maximum absolute atomic E-state index is 2.28. The molecule has 3 rings (SSSR count). The van der Waals surface area contributed by atoms with Crippen LogP contribution in [0.3, 0.4) is 0 Å². The van der Waals surface area contributed by atoms with E-state index in [0.717, 1.165) is 6.42 Å². The van der Waals surface area contributed by atoms with E-state index in [1.807, 2.05) is 0 Å². The van der Waals surface area contributed by atoms with Gasteiger partial charge in [-0.3, -0.25) is 0 Å². The van der Waals surface area contributed by atoms with Gasteiger partial charge in [-0.05, 0) is 28.7 Å². The predicted octanol–water partition coefficient (Wildman–Crippen LogP) is 2.68. The first-order valence-corrected chi connectivity index (χ1v) is 3.94. The van der Waals surface area contributed by atoms with Crippen molar-refractivity contribution in [1.29, 1.82) is 0 Å². The van der Waals surface area contributed by atoms with Crippen LogP contribution in [0.15, 0.2) is 58.7 Å². The Balaban J connectivity index is 2.31. The molecule has 52 valence electrons. The topological polar surface area (TPSA) is 0 Å². The van der Waals surface area contributed by atoms with Crippen LogP contribution in [0.4, 0.5) is 0 Å². The van der Waals surface area contributed by atoms with Gasteiger partial charge >= 0.3 is 0 Å². The van der Waals surface area contributed by atoms with Gasteiger partial charge < -0.3 is 0 Å². The zero-order valence-corrected chi connectivity index (χ0v) is 6.17. The molecule has 0 N–H and O–H groups in total. The maximum atomic E-state index is 2.28. The summed E-state index contributed by atoms with van der Waals surface area (Å²) in [6.45, 7) is 0. The molecule has 3 aliphatic carbocycles. The summed E-state index contributed by atoms with van der Waals surface area (Å²) < 4.78 is 0. The molecule has 3 aliphatic rings. The van der Waals surface area contributed by atoms with Gasteiger partial charge in [0.2, 0.25) is 0 Å². The summed E-state index contributed by atoms with van der Waals surface area (Å²) in [6.07, 6.45) is 14.4. The summed E-state index contributed by atoms with van der Waals surface area (Å²) in [7, 11) is 0. The van der Waals surface area contributed by atoms with E-state index >= 15 is 0 Å². The molecule has 2 bridgehead atoms. The van der Waals surface area contributed by atoms with Gasteiger partial charge in [0.1, 0.15) is 0 Å². The average molecular weight is 140 g/mol. The molecule has 11 heavy (non-hydrogen) atoms. The highest BCUT2D eigenvalue weighted by Crippen LogP contribution is 2.37. The van der Waals surface area contributed by atoms with Gasteiger partial charge in [-0.15, -0.1) is 0 Å². The summed E-state index contributed by atoms with van der Waals surface area (Å²) in [4.78, 5) is 0. The van der Waals surface area contributed by atoms with E-state index in [9.17, 15) is 0 Å². The Morgan fingerprint density at radius 3 is 3.09 bits per heavy atom. The SMILES string of the molecule is C1=CC2=C3C=CC(=C3)CC2=C1. The molecule has 0 fully saturated rings. The summed E-state index contributed by atoms with van der Waals surface area (Å²) in [6, 6.07) is 0. The molecule has 0 aromatic heterocycles. The van der Waals surface area contributed by atoms with Crippen molar-refractivity contribution >= 4 is 0 Å². The van der Waals surface area contributed by atoms with Crippen molar-refractivity contribution in [3.8, 4) is 0 Å². The van der Waals surface area contributed by atoms with Crippen LogP contribution >= 0.6 is 0 Å². The minimum absolute atomic E-state index is 1.13. The highest BCUT2D eigenvalue weighted by Gasteiger charge is 2.18. The van der Waals surface area contributed by atoms with Crippen molar-refractivity contribution in [2.75, 3.05) is 0 Å². The Kier molecular flexibility index (Phi) is 0.803. The van der Waals surface area contributed by atoms with E-state index in [2.05, 4.69) is 36.5 Å². The van der Waals surface area contributed by atoms with Crippen LogP contribution in [0, 0.1) is 0 Å². The van der Waals surface area contributed by atoms with Crippen LogP contribution < -0.4 is 0 Å². The highest BCUT2D eigenvalue weighted by atomic mass is 14.2. The Hall–Kier alpha value is -1.30. The monoisotopic (exact) mass is 140 g/mol. The van der Waals surface area contributed by atoms with E-state index in [4.69, 9.17) is 0 Å². The normalized spacial score (nSPS) is 24.0. The van der Waals surface area contributed by atoms with Crippen molar-refractivity contribution < 1.29 is 0 Å². The van der Waals surface area contributed by atoms with Gasteiger partial charge in [-0.1, -0.05) is 36.5 Å². The first-order valence-electron chi connectivity index (χ1n) is 3.94. The molecule has 0 unspecified atom stereocenters. The van der Waals surface area contributed by atoms with E-state index < -0.39 is 0 Å². The zero-order chi connectivity index (χ0) is 7.26. The van der Waals surface area contributed by atoms with Crippen molar-refractivity contribution in [1.82, 2.24) is 0 Å². The first kappa shape index (κ1) is 5.36. The third kappa shape index (κ3) is 0.591. The summed E-state index contributed by atoms with van der Waals surface area (Å²) >= 11 is 0. The van der Waals surface area contributed by atoms with Crippen molar-refractivity contribution in [3.63, 3.8) is 0 Å². The fourth-order valence-corrected chi connectivity index (χ4v) is 1.88. The molecule has 0 nitrogen and oxygen atoms in total. The lowest BCUT2D eigenvalue weighted by Gasteiger charge is -2.10. The van der Waals surface area contributed by atoms with Crippen molar-refractivity contribution in [3.05, 3.63) is 58.7 Å². The lowest BCUT2D eigenvalue weighted by Crippen LogP contribution is -1.91. The van der Waals surface area contributed by atoms with E-state index in [0.29, 0.717) is 0 Å². The second-order valence-corrected chi connectivity index (χ2v) is 3.15. The second-order valence-electron chi connectivity index (χ2n) is 3.15. The van der Waals surface area contributed by atoms with Crippen molar-refractivity contribution in [2.45, 2.75) is 6.42 Å². The minimum atomic E-state index is 1.13. The number of fused-ring (bicyclic) bond motifs is 2. The van der Waals surface area contributed by atoms with Gasteiger partial charge in [-0.2, -0.15) is 0 Å². The molecule has 0 aliphatic heterocycles. The number of rotatable bonds is 0. The first-order chi connectivity index (χ1) is 5.43. The van der Waals surface area contributed by atoms with Crippen molar-refractivity contribution in [2.24, 2.45) is 0 Å². The fourth-order valence-electron chi connectivity index (χ4n) is 1.88. The molecule has 0 heterocycles. The second kappa shape index (κ2) is 1.65. The number of hydrogen-bond donors (Lipinski definition) is 0. The molecule has 0 spiro atoms. The molecule has 0 aromatic carbocycles. The number of hydrogen-bond acceptors (Lipinski definition) is 0. The van der Waals surface area contributed by atoms with Gasteiger partial charge in [-0.25, -0.2) is 0 Å². The third-order valence-electron chi connectivity index (χ3n) is 2.43. The molecular formula is C11H8. The molecule has 0 radical (unpaired) electrons. The Morgan fingerprint density at radius 2 is 2.09 bits per heavy atom. The Labute approximate surface area is 65.9 Å². The Morgan fingerprint density at radius 1 is 1.09 bits per heavy atom. The molecule has 0 heteroatoms. The smallest absolute Gasteiger partial charge is 0.00194 e. The fraction of sp³-hybridized carbons (Fsp3) is 0.0909. The minimum Gasteiger partial charge on any atom is -0.0613 e. The third-order valence-corrected chi connectivity index (χ3v) is 2.43. The summed E-state index contributed by atoms with van der Waals surface area (Å²) in [5.74, 6) is 0. The lowest BCUT2D eigenvalue weighted by molar-refractivity contribution is 1.17. The highest BCUT2D eigenvalue weighted by molar-refractivity contribution is 5.65. The predicted molar refractivity (Wildman–Crippen MR) is 46.1 cm³/mol. The van der Waals surface area contributed by atoms with Crippen LogP contribution in [-0.4, -0.2) is 0 Å². The zero-order valence-electron chi connectivity index (χ0n) is 6.17. The average Bonchev–Trinajstić information content (AvgIpc) is 2.58. The summed E-state index contributed by atoms with van der Waals surface area (Å²) in [5.41, 5.74) is 5.77. The van der Waals surface area contributed by atoms with E-state index in [-0.39, 0.29) is 0 Å². The van der Waals surface area contributed by atoms with Crippen LogP contribution in [0.25, 0.3) is 0 Å². The molecule has 0 aromatic rings. The quantitative estimate of drug-likeness (QED) is 0.485. The molecule has 0 amide bonds. The molecule has 0 saturated heterocycles. The number of allylic oxidation sites excluding steroid dienone is 10. The van der Waals surface area contributed by atoms with Crippen LogP contribution in [0.5, 0.6) is 0 Å². The van der Waals surface area contributed by atoms with Crippen LogP contribution in [0.1, 0.15) is 6.42 Å². The lowest BCUT2D eigenvalue weighted by atomic mass is 9.94. The Bertz CT molecular complexity index is 371. The summed E-state index contributed by atoms with van der Waals surface area (Å²) in [5, 5.41) is 0. The largest absolute Gasteiger partial charge is 0.0613 e. The van der Waals surface area contributed by atoms with Gasteiger partial charge in [0.15, 0.2) is 0 Å². The molecular weight excluding hydrogens is 132 g/mol. The molecule has 0 atom stereocenters. The maximum Gasteiger partial charge on any atom is -0.00194 e. The van der Waals surface area contributed by atoms with Gasteiger partial charge in [0.05, 0.1) is 0 Å². The van der Waals surface area contributed by atoms with Crippen LogP contribution in [0.2, 0.25) is 0 Å².